The largest absolute Gasteiger partial charge is 0.375 e. The summed E-state index contributed by atoms with van der Waals surface area (Å²) >= 11 is 6.05. The average molecular weight is 333 g/mol. The predicted molar refractivity (Wildman–Crippen MR) is 79.0 cm³/mol. The molecule has 0 aromatic heterocycles. The van der Waals surface area contributed by atoms with E-state index in [1.807, 2.05) is 6.92 Å². The molecule has 1 aromatic rings. The van der Waals surface area contributed by atoms with Crippen LogP contribution in [-0.4, -0.2) is 52.1 Å². The molecule has 0 spiro atoms. The monoisotopic (exact) mass is 332 g/mol. The molecule has 0 aliphatic carbocycles. The second-order valence-electron chi connectivity index (χ2n) is 4.78. The van der Waals surface area contributed by atoms with Crippen molar-refractivity contribution in [1.82, 2.24) is 9.62 Å². The summed E-state index contributed by atoms with van der Waals surface area (Å²) in [6, 6.07) is 4.09. The third kappa shape index (κ3) is 3.55. The highest BCUT2D eigenvalue weighted by Gasteiger charge is 2.25. The predicted octanol–water partition coefficient (Wildman–Crippen LogP) is 1.11. The Hall–Kier alpha value is -1.15. The van der Waals surface area contributed by atoms with Gasteiger partial charge in [-0.1, -0.05) is 11.6 Å². The highest BCUT2D eigenvalue weighted by Crippen LogP contribution is 2.22. The summed E-state index contributed by atoms with van der Waals surface area (Å²) in [7, 11) is -2.30. The normalized spacial score (nSPS) is 19.6. The molecule has 1 amide bonds. The molecule has 1 N–H and O–H groups in total. The molecule has 1 unspecified atom stereocenters. The summed E-state index contributed by atoms with van der Waals surface area (Å²) in [6.07, 6.45) is -0.0503. The lowest BCUT2D eigenvalue weighted by atomic mass is 10.1. The van der Waals surface area contributed by atoms with Crippen molar-refractivity contribution < 1.29 is 17.9 Å². The van der Waals surface area contributed by atoms with Gasteiger partial charge in [0, 0.05) is 13.1 Å². The zero-order valence-corrected chi connectivity index (χ0v) is 13.4. The molecule has 8 heteroatoms. The quantitative estimate of drug-likeness (QED) is 0.899. The first-order chi connectivity index (χ1) is 9.85. The molecule has 2 rings (SSSR count). The van der Waals surface area contributed by atoms with Crippen LogP contribution in [0.5, 0.6) is 0 Å². The molecule has 1 saturated heterocycles. The van der Waals surface area contributed by atoms with Gasteiger partial charge < -0.3 is 9.64 Å². The highest BCUT2D eigenvalue weighted by molar-refractivity contribution is 7.89. The molecule has 1 aliphatic rings. The number of halogens is 1. The smallest absolute Gasteiger partial charge is 0.255 e. The number of hydrogen-bond acceptors (Lipinski definition) is 4. The number of rotatable bonds is 3. The number of amides is 1. The third-order valence-corrected chi connectivity index (χ3v) is 5.02. The third-order valence-electron chi connectivity index (χ3n) is 3.28. The summed E-state index contributed by atoms with van der Waals surface area (Å²) in [5, 5.41) is 0.231. The maximum Gasteiger partial charge on any atom is 0.255 e. The Balaban J connectivity index is 2.34. The van der Waals surface area contributed by atoms with Gasteiger partial charge in [0.15, 0.2) is 0 Å². The Morgan fingerprint density at radius 1 is 1.48 bits per heavy atom. The maximum absolute atomic E-state index is 12.5. The summed E-state index contributed by atoms with van der Waals surface area (Å²) in [5.74, 6) is -0.289. The molecular formula is C13H17ClN2O4S. The van der Waals surface area contributed by atoms with E-state index in [1.54, 1.807) is 4.90 Å². The molecule has 0 bridgehead atoms. The molecule has 21 heavy (non-hydrogen) atoms. The Labute approximate surface area is 129 Å². The topological polar surface area (TPSA) is 75.7 Å². The molecule has 1 fully saturated rings. The average Bonchev–Trinajstić information content (AvgIpc) is 2.47. The van der Waals surface area contributed by atoms with Crippen LogP contribution in [-0.2, 0) is 14.8 Å². The van der Waals surface area contributed by atoms with E-state index >= 15 is 0 Å². The van der Waals surface area contributed by atoms with Gasteiger partial charge in [-0.2, -0.15) is 0 Å². The number of benzene rings is 1. The SMILES string of the molecule is CNS(=O)(=O)c1ccc(Cl)c(C(=O)N2CCOC(C)C2)c1. The first kappa shape index (κ1) is 16.2. The van der Waals surface area contributed by atoms with E-state index < -0.39 is 10.0 Å². The molecule has 6 nitrogen and oxygen atoms in total. The highest BCUT2D eigenvalue weighted by atomic mass is 35.5. The van der Waals surface area contributed by atoms with Gasteiger partial charge in [-0.25, -0.2) is 13.1 Å². The van der Waals surface area contributed by atoms with Crippen LogP contribution < -0.4 is 4.72 Å². The minimum atomic E-state index is -3.62. The number of ether oxygens (including phenoxy) is 1. The van der Waals surface area contributed by atoms with E-state index in [0.717, 1.165) is 0 Å². The van der Waals surface area contributed by atoms with Crippen LogP contribution in [0, 0.1) is 0 Å². The van der Waals surface area contributed by atoms with Crippen molar-refractivity contribution in [3.63, 3.8) is 0 Å². The van der Waals surface area contributed by atoms with Crippen molar-refractivity contribution in [2.45, 2.75) is 17.9 Å². The zero-order chi connectivity index (χ0) is 15.6. The molecule has 1 aliphatic heterocycles. The molecule has 0 radical (unpaired) electrons. The number of morpholine rings is 1. The van der Waals surface area contributed by atoms with Gasteiger partial charge in [-0.15, -0.1) is 0 Å². The van der Waals surface area contributed by atoms with Crippen molar-refractivity contribution in [2.24, 2.45) is 0 Å². The Morgan fingerprint density at radius 2 is 2.19 bits per heavy atom. The van der Waals surface area contributed by atoms with Crippen molar-refractivity contribution in [3.05, 3.63) is 28.8 Å². The van der Waals surface area contributed by atoms with Gasteiger partial charge in [-0.3, -0.25) is 4.79 Å². The van der Waals surface area contributed by atoms with E-state index in [0.29, 0.717) is 19.7 Å². The van der Waals surface area contributed by atoms with Crippen LogP contribution in [0.1, 0.15) is 17.3 Å². The van der Waals surface area contributed by atoms with Gasteiger partial charge in [-0.05, 0) is 32.2 Å². The minimum Gasteiger partial charge on any atom is -0.375 e. The van der Waals surface area contributed by atoms with Gasteiger partial charge in [0.25, 0.3) is 5.91 Å². The molecule has 1 atom stereocenters. The lowest BCUT2D eigenvalue weighted by molar-refractivity contribution is -0.0124. The van der Waals surface area contributed by atoms with E-state index in [9.17, 15) is 13.2 Å². The fourth-order valence-corrected chi connectivity index (χ4v) is 3.08. The molecule has 0 saturated carbocycles. The summed E-state index contributed by atoms with van der Waals surface area (Å²) in [4.78, 5) is 14.1. The van der Waals surface area contributed by atoms with Crippen LogP contribution in [0.2, 0.25) is 5.02 Å². The minimum absolute atomic E-state index is 0.0130. The number of sulfonamides is 1. The summed E-state index contributed by atoms with van der Waals surface area (Å²) in [5.41, 5.74) is 0.182. The second kappa shape index (κ2) is 6.31. The van der Waals surface area contributed by atoms with Crippen LogP contribution in [0.4, 0.5) is 0 Å². The van der Waals surface area contributed by atoms with Crippen molar-refractivity contribution in [3.8, 4) is 0 Å². The molecule has 1 heterocycles. The first-order valence-electron chi connectivity index (χ1n) is 6.49. The maximum atomic E-state index is 12.5. The Morgan fingerprint density at radius 3 is 2.81 bits per heavy atom. The standard InChI is InChI=1S/C13H17ClN2O4S/c1-9-8-16(5-6-20-9)13(17)11-7-10(3-4-12(11)14)21(18,19)15-2/h3-4,7,9,15H,5-6,8H2,1-2H3. The van der Waals surface area contributed by atoms with Gasteiger partial charge >= 0.3 is 0 Å². The Bertz CT molecular complexity index is 648. The van der Waals surface area contributed by atoms with Crippen LogP contribution >= 0.6 is 11.6 Å². The number of nitrogens with zero attached hydrogens (tertiary/aromatic N) is 1. The van der Waals surface area contributed by atoms with Crippen molar-refractivity contribution in [1.29, 1.82) is 0 Å². The summed E-state index contributed by atoms with van der Waals surface area (Å²) < 4.78 is 31.2. The number of carbonyl (C=O) groups excluding carboxylic acids is 1. The second-order valence-corrected chi connectivity index (χ2v) is 7.08. The fourth-order valence-electron chi connectivity index (χ4n) is 2.13. The van der Waals surface area contributed by atoms with Crippen LogP contribution in [0.3, 0.4) is 0 Å². The van der Waals surface area contributed by atoms with Crippen LogP contribution in [0.25, 0.3) is 0 Å². The lowest BCUT2D eigenvalue weighted by Gasteiger charge is -2.31. The van der Waals surface area contributed by atoms with E-state index in [2.05, 4.69) is 4.72 Å². The molecule has 116 valence electrons. The molecular weight excluding hydrogens is 316 g/mol. The van der Waals surface area contributed by atoms with Crippen LogP contribution in [0.15, 0.2) is 23.1 Å². The lowest BCUT2D eigenvalue weighted by Crippen LogP contribution is -2.44. The number of nitrogens with one attached hydrogen (secondary N) is 1. The van der Waals surface area contributed by atoms with Gasteiger partial charge in [0.1, 0.15) is 0 Å². The Kier molecular flexibility index (Phi) is 4.88. The number of carbonyl (C=O) groups is 1. The van der Waals surface area contributed by atoms with Crippen molar-refractivity contribution >= 4 is 27.5 Å². The van der Waals surface area contributed by atoms with Gasteiger partial charge in [0.2, 0.25) is 10.0 Å². The first-order valence-corrected chi connectivity index (χ1v) is 8.35. The van der Waals surface area contributed by atoms with Crippen molar-refractivity contribution in [2.75, 3.05) is 26.7 Å². The van der Waals surface area contributed by atoms with Gasteiger partial charge in [0.05, 0.1) is 28.2 Å². The van der Waals surface area contributed by atoms with E-state index in [-0.39, 0.29) is 27.5 Å². The molecule has 1 aromatic carbocycles. The van der Waals surface area contributed by atoms with E-state index in [4.69, 9.17) is 16.3 Å². The van der Waals surface area contributed by atoms with E-state index in [1.165, 1.54) is 25.2 Å². The fraction of sp³-hybridized carbons (Fsp3) is 0.462. The zero-order valence-electron chi connectivity index (χ0n) is 11.8. The number of hydrogen-bond donors (Lipinski definition) is 1. The summed E-state index contributed by atoms with van der Waals surface area (Å²) in [6.45, 7) is 3.25.